The van der Waals surface area contributed by atoms with E-state index in [1.165, 1.54) is 0 Å². The zero-order valence-corrected chi connectivity index (χ0v) is 11.7. The van der Waals surface area contributed by atoms with Crippen LogP contribution in [0.4, 0.5) is 11.5 Å². The van der Waals surface area contributed by atoms with Crippen molar-refractivity contribution >= 4 is 23.1 Å². The molecule has 0 radical (unpaired) electrons. The van der Waals surface area contributed by atoms with Crippen molar-refractivity contribution in [2.75, 3.05) is 5.32 Å². The van der Waals surface area contributed by atoms with Gasteiger partial charge in [0.1, 0.15) is 16.8 Å². The van der Waals surface area contributed by atoms with Gasteiger partial charge in [-0.25, -0.2) is 9.97 Å². The van der Waals surface area contributed by atoms with Crippen molar-refractivity contribution in [1.29, 1.82) is 0 Å². The lowest BCUT2D eigenvalue weighted by atomic mass is 10.2. The number of aryl methyl sites for hydroxylation is 2. The van der Waals surface area contributed by atoms with Crippen molar-refractivity contribution in [3.8, 4) is 0 Å². The van der Waals surface area contributed by atoms with Crippen LogP contribution in [0.25, 0.3) is 0 Å². The van der Waals surface area contributed by atoms with E-state index in [1.807, 2.05) is 34.0 Å². The minimum absolute atomic E-state index is 0.235. The first-order chi connectivity index (χ1) is 8.45. The van der Waals surface area contributed by atoms with Crippen LogP contribution in [-0.4, -0.2) is 19.7 Å². The van der Waals surface area contributed by atoms with Crippen molar-refractivity contribution < 1.29 is 0 Å². The Hall–Kier alpha value is -1.62. The Bertz CT molecular complexity index is 562. The summed E-state index contributed by atoms with van der Waals surface area (Å²) in [5.41, 5.74) is 1.83. The molecular weight excluding hydrogens is 250 g/mol. The van der Waals surface area contributed by atoms with Gasteiger partial charge in [0.05, 0.1) is 11.4 Å². The summed E-state index contributed by atoms with van der Waals surface area (Å²) in [6.45, 7) is 6.00. The van der Waals surface area contributed by atoms with Crippen LogP contribution in [0, 0.1) is 6.92 Å². The number of aromatic nitrogens is 4. The van der Waals surface area contributed by atoms with Crippen LogP contribution in [0.2, 0.25) is 5.15 Å². The van der Waals surface area contributed by atoms with Gasteiger partial charge < -0.3 is 5.32 Å². The normalized spacial score (nSPS) is 11.0. The van der Waals surface area contributed by atoms with Crippen LogP contribution in [-0.2, 0) is 7.05 Å². The van der Waals surface area contributed by atoms with Crippen LogP contribution in [0.1, 0.15) is 31.3 Å². The molecule has 0 aromatic carbocycles. The summed E-state index contributed by atoms with van der Waals surface area (Å²) in [7, 11) is 1.88. The van der Waals surface area contributed by atoms with E-state index in [-0.39, 0.29) is 5.92 Å². The maximum Gasteiger partial charge on any atom is 0.135 e. The van der Waals surface area contributed by atoms with Gasteiger partial charge in [-0.05, 0) is 6.92 Å². The highest BCUT2D eigenvalue weighted by Crippen LogP contribution is 2.21. The molecule has 2 heterocycles. The lowest BCUT2D eigenvalue weighted by molar-refractivity contribution is 0.756. The molecule has 0 aliphatic heterocycles. The third kappa shape index (κ3) is 2.79. The molecule has 0 aliphatic carbocycles. The number of hydrogen-bond donors (Lipinski definition) is 1. The molecule has 0 unspecified atom stereocenters. The molecule has 6 heteroatoms. The average molecular weight is 266 g/mol. The lowest BCUT2D eigenvalue weighted by Gasteiger charge is -2.08. The molecule has 0 bridgehead atoms. The molecule has 5 nitrogen and oxygen atoms in total. The standard InChI is InChI=1S/C12H16ClN5/c1-7(2)12-15-10(13)5-11(16-12)14-9-6-18(4)17-8(9)3/h5-7H,1-4H3,(H,14,15,16). The molecular formula is C12H16ClN5. The van der Waals surface area contributed by atoms with Crippen molar-refractivity contribution in [3.63, 3.8) is 0 Å². The molecule has 0 amide bonds. The summed E-state index contributed by atoms with van der Waals surface area (Å²) >= 11 is 5.99. The molecule has 0 fully saturated rings. The summed E-state index contributed by atoms with van der Waals surface area (Å²) in [4.78, 5) is 8.63. The molecule has 2 aromatic rings. The number of nitrogens with zero attached hydrogens (tertiary/aromatic N) is 4. The largest absolute Gasteiger partial charge is 0.337 e. The summed E-state index contributed by atoms with van der Waals surface area (Å²) in [5.74, 6) is 1.65. The fraction of sp³-hybridized carbons (Fsp3) is 0.417. The van der Waals surface area contributed by atoms with Gasteiger partial charge in [-0.15, -0.1) is 0 Å². The minimum Gasteiger partial charge on any atom is -0.337 e. The fourth-order valence-corrected chi connectivity index (χ4v) is 1.81. The lowest BCUT2D eigenvalue weighted by Crippen LogP contribution is -2.02. The Morgan fingerprint density at radius 3 is 2.61 bits per heavy atom. The molecule has 1 N–H and O–H groups in total. The second-order valence-electron chi connectivity index (χ2n) is 4.52. The van der Waals surface area contributed by atoms with Gasteiger partial charge in [0.25, 0.3) is 0 Å². The molecule has 96 valence electrons. The number of nitrogens with one attached hydrogen (secondary N) is 1. The number of rotatable bonds is 3. The quantitative estimate of drug-likeness (QED) is 0.867. The van der Waals surface area contributed by atoms with Gasteiger partial charge >= 0.3 is 0 Å². The molecule has 0 saturated carbocycles. The highest BCUT2D eigenvalue weighted by Gasteiger charge is 2.09. The van der Waals surface area contributed by atoms with E-state index in [0.717, 1.165) is 17.2 Å². The van der Waals surface area contributed by atoms with Crippen LogP contribution in [0.15, 0.2) is 12.3 Å². The Labute approximate surface area is 111 Å². The van der Waals surface area contributed by atoms with E-state index in [0.29, 0.717) is 11.0 Å². The molecule has 0 spiro atoms. The third-order valence-electron chi connectivity index (χ3n) is 2.50. The molecule has 0 saturated heterocycles. The average Bonchev–Trinajstić information content (AvgIpc) is 2.56. The van der Waals surface area contributed by atoms with Crippen molar-refractivity contribution in [1.82, 2.24) is 19.7 Å². The van der Waals surface area contributed by atoms with Crippen molar-refractivity contribution in [3.05, 3.63) is 28.9 Å². The zero-order chi connectivity index (χ0) is 13.3. The molecule has 0 atom stereocenters. The smallest absolute Gasteiger partial charge is 0.135 e. The Morgan fingerprint density at radius 2 is 2.06 bits per heavy atom. The van der Waals surface area contributed by atoms with Crippen LogP contribution in [0.3, 0.4) is 0 Å². The Kier molecular flexibility index (Phi) is 3.52. The van der Waals surface area contributed by atoms with E-state index in [2.05, 4.69) is 20.4 Å². The molecule has 0 aliphatic rings. The van der Waals surface area contributed by atoms with Gasteiger partial charge in [0.2, 0.25) is 0 Å². The van der Waals surface area contributed by atoms with Gasteiger partial charge in [-0.1, -0.05) is 25.4 Å². The fourth-order valence-electron chi connectivity index (χ4n) is 1.62. The predicted molar refractivity (Wildman–Crippen MR) is 72.4 cm³/mol. The zero-order valence-electron chi connectivity index (χ0n) is 10.9. The third-order valence-corrected chi connectivity index (χ3v) is 2.70. The van der Waals surface area contributed by atoms with E-state index in [9.17, 15) is 0 Å². The van der Waals surface area contributed by atoms with E-state index in [4.69, 9.17) is 11.6 Å². The summed E-state index contributed by atoms with van der Waals surface area (Å²) in [5, 5.41) is 7.92. The first kappa shape index (κ1) is 12.8. The minimum atomic E-state index is 0.235. The van der Waals surface area contributed by atoms with Crippen molar-refractivity contribution in [2.24, 2.45) is 7.05 Å². The van der Waals surface area contributed by atoms with Crippen LogP contribution < -0.4 is 5.32 Å². The van der Waals surface area contributed by atoms with Crippen LogP contribution in [0.5, 0.6) is 0 Å². The summed E-state index contributed by atoms with van der Waals surface area (Å²) in [6.07, 6.45) is 1.90. The maximum atomic E-state index is 5.99. The predicted octanol–water partition coefficient (Wildman–Crippen LogP) is 3.04. The highest BCUT2D eigenvalue weighted by atomic mass is 35.5. The number of anilines is 2. The van der Waals surface area contributed by atoms with Gasteiger partial charge in [0, 0.05) is 25.2 Å². The highest BCUT2D eigenvalue weighted by molar-refractivity contribution is 6.29. The van der Waals surface area contributed by atoms with Gasteiger partial charge in [-0.2, -0.15) is 5.10 Å². The second-order valence-corrected chi connectivity index (χ2v) is 4.90. The first-order valence-corrected chi connectivity index (χ1v) is 6.15. The first-order valence-electron chi connectivity index (χ1n) is 5.77. The van der Waals surface area contributed by atoms with Crippen molar-refractivity contribution in [2.45, 2.75) is 26.7 Å². The Balaban J connectivity index is 2.31. The number of halogens is 1. The van der Waals surface area contributed by atoms with Gasteiger partial charge in [0.15, 0.2) is 0 Å². The van der Waals surface area contributed by atoms with E-state index < -0.39 is 0 Å². The Morgan fingerprint density at radius 1 is 1.33 bits per heavy atom. The summed E-state index contributed by atoms with van der Waals surface area (Å²) < 4.78 is 1.75. The topological polar surface area (TPSA) is 55.6 Å². The summed E-state index contributed by atoms with van der Waals surface area (Å²) in [6, 6.07) is 1.71. The second kappa shape index (κ2) is 4.94. The molecule has 2 rings (SSSR count). The number of hydrogen-bond acceptors (Lipinski definition) is 4. The van der Waals surface area contributed by atoms with Gasteiger partial charge in [-0.3, -0.25) is 4.68 Å². The van der Waals surface area contributed by atoms with Crippen LogP contribution >= 0.6 is 11.6 Å². The molecule has 18 heavy (non-hydrogen) atoms. The van der Waals surface area contributed by atoms with E-state index in [1.54, 1.807) is 10.7 Å². The van der Waals surface area contributed by atoms with E-state index >= 15 is 0 Å². The monoisotopic (exact) mass is 265 g/mol. The molecule has 2 aromatic heterocycles. The SMILES string of the molecule is Cc1nn(C)cc1Nc1cc(Cl)nc(C(C)C)n1. The maximum absolute atomic E-state index is 5.99.